The third kappa shape index (κ3) is 12.8. The van der Waals surface area contributed by atoms with E-state index in [0.717, 1.165) is 22.8 Å². The average molecular weight is 982 g/mol. The van der Waals surface area contributed by atoms with Gasteiger partial charge < -0.3 is 0 Å². The SMILES string of the molecule is Br.Br.Br.Br.CC(C)c1cc(-c2cc(C(C)C)c(N=Cc3ccccn3)c(C(C)C)c2)cc(C(C)C)c1N=Cc1ccccn1.[Cu].[Cu]. The second-order valence-electron chi connectivity index (χ2n) is 11.7. The van der Waals surface area contributed by atoms with Crippen molar-refractivity contribution in [3.05, 3.63) is 107 Å². The number of benzene rings is 2. The Kier molecular flexibility index (Phi) is 25.1. The number of pyridine rings is 2. The first-order valence-corrected chi connectivity index (χ1v) is 14.4. The molecule has 2 heterocycles. The molecule has 0 saturated heterocycles. The number of hydrogen-bond donors (Lipinski definition) is 0. The third-order valence-corrected chi connectivity index (χ3v) is 7.19. The van der Waals surface area contributed by atoms with Gasteiger partial charge in [-0.2, -0.15) is 0 Å². The van der Waals surface area contributed by atoms with Crippen LogP contribution in [0.5, 0.6) is 0 Å². The minimum absolute atomic E-state index is 0. The minimum Gasteiger partial charge on any atom is -0.255 e. The molecule has 2 aromatic heterocycles. The minimum atomic E-state index is 0. The summed E-state index contributed by atoms with van der Waals surface area (Å²) in [4.78, 5) is 18.9. The molecule has 0 aliphatic carbocycles. The maximum Gasteiger partial charge on any atom is 0.0812 e. The van der Waals surface area contributed by atoms with Crippen LogP contribution in [0.2, 0.25) is 0 Å². The zero-order valence-electron chi connectivity index (χ0n) is 27.4. The molecule has 0 amide bonds. The van der Waals surface area contributed by atoms with E-state index in [2.05, 4.69) is 89.6 Å². The molecule has 4 rings (SSSR count). The first kappa shape index (κ1) is 49.4. The Morgan fingerprint density at radius 1 is 0.478 bits per heavy atom. The zero-order valence-corrected chi connectivity index (χ0v) is 36.2. The van der Waals surface area contributed by atoms with Crippen molar-refractivity contribution in [2.75, 3.05) is 0 Å². The van der Waals surface area contributed by atoms with Crippen molar-refractivity contribution >= 4 is 91.7 Å². The molecule has 4 nitrogen and oxygen atoms in total. The number of aliphatic imine (C=N–C) groups is 2. The van der Waals surface area contributed by atoms with Crippen molar-refractivity contribution in [1.29, 1.82) is 0 Å². The number of aromatic nitrogens is 2. The Balaban J connectivity index is -0.00000308. The Morgan fingerprint density at radius 2 is 0.761 bits per heavy atom. The van der Waals surface area contributed by atoms with Gasteiger partial charge in [0.25, 0.3) is 0 Å². The fourth-order valence-corrected chi connectivity index (χ4v) is 4.92. The largest absolute Gasteiger partial charge is 0.255 e. The average Bonchev–Trinajstić information content (AvgIpc) is 2.95. The van der Waals surface area contributed by atoms with Gasteiger partial charge >= 0.3 is 0 Å². The van der Waals surface area contributed by atoms with Crippen LogP contribution in [0, 0.1) is 0 Å². The van der Waals surface area contributed by atoms with Crippen LogP contribution in [-0.2, 0) is 34.1 Å². The molecule has 260 valence electrons. The molecule has 0 N–H and O–H groups in total. The van der Waals surface area contributed by atoms with Gasteiger partial charge in [-0.05, 0) is 106 Å². The van der Waals surface area contributed by atoms with E-state index in [0.29, 0.717) is 23.7 Å². The Hall–Kier alpha value is -0.961. The number of nitrogens with zero attached hydrogens (tertiary/aromatic N) is 4. The van der Waals surface area contributed by atoms with Crippen LogP contribution < -0.4 is 0 Å². The van der Waals surface area contributed by atoms with Crippen molar-refractivity contribution in [2.45, 2.75) is 79.1 Å². The molecular weight excluding hydrogens is 935 g/mol. The molecule has 0 bridgehead atoms. The fourth-order valence-electron chi connectivity index (χ4n) is 4.92. The monoisotopic (exact) mass is 976 g/mol. The summed E-state index contributed by atoms with van der Waals surface area (Å²) in [5.74, 6) is 1.30. The third-order valence-electron chi connectivity index (χ3n) is 7.19. The van der Waals surface area contributed by atoms with Gasteiger partial charge in [0.2, 0.25) is 0 Å². The predicted octanol–water partition coefficient (Wildman–Crippen LogP) is 12.4. The van der Waals surface area contributed by atoms with Crippen LogP contribution >= 0.6 is 67.9 Å². The van der Waals surface area contributed by atoms with E-state index < -0.39 is 0 Å². The number of rotatable bonds is 9. The molecule has 0 atom stereocenters. The molecular formula is C36H46Br4Cu2N4. The Bertz CT molecular complexity index is 1340. The standard InChI is InChI=1S/C36H42N4.4BrH.2Cu/c1-23(2)31-17-27(18-32(24(3)4)35(31)39-21-29-13-9-11-15-37-29)28-19-33(25(5)6)36(34(20-28)26(7)8)40-22-30-14-10-12-16-38-30;;;;;;/h9-26H,1-8H3;4*1H;;. The van der Waals surface area contributed by atoms with Crippen LogP contribution in [0.1, 0.15) is 113 Å². The predicted molar refractivity (Wildman–Crippen MR) is 213 cm³/mol. The van der Waals surface area contributed by atoms with Crippen molar-refractivity contribution in [2.24, 2.45) is 9.98 Å². The summed E-state index contributed by atoms with van der Waals surface area (Å²) in [5, 5.41) is 0. The number of hydrogen-bond acceptors (Lipinski definition) is 4. The molecule has 0 spiro atoms. The van der Waals surface area contributed by atoms with Crippen molar-refractivity contribution in [3.8, 4) is 11.1 Å². The summed E-state index contributed by atoms with van der Waals surface area (Å²) in [5.41, 5.74) is 11.3. The van der Waals surface area contributed by atoms with Gasteiger partial charge in [0.15, 0.2) is 0 Å². The van der Waals surface area contributed by atoms with Gasteiger partial charge in [-0.3, -0.25) is 20.0 Å². The second-order valence-corrected chi connectivity index (χ2v) is 11.7. The summed E-state index contributed by atoms with van der Waals surface area (Å²) in [6.07, 6.45) is 7.38. The maximum absolute atomic E-state index is 5.00. The fraction of sp³-hybridized carbons (Fsp3) is 0.333. The van der Waals surface area contributed by atoms with Crippen LogP contribution in [0.25, 0.3) is 11.1 Å². The quantitative estimate of drug-likeness (QED) is 0.124. The summed E-state index contributed by atoms with van der Waals surface area (Å²) in [6, 6.07) is 21.2. The van der Waals surface area contributed by atoms with E-state index >= 15 is 0 Å². The van der Waals surface area contributed by atoms with E-state index in [1.54, 1.807) is 12.4 Å². The van der Waals surface area contributed by atoms with E-state index in [-0.39, 0.29) is 102 Å². The molecule has 2 aromatic carbocycles. The van der Waals surface area contributed by atoms with Crippen LogP contribution in [0.3, 0.4) is 0 Å². The van der Waals surface area contributed by atoms with Gasteiger partial charge in [0.05, 0.1) is 35.2 Å². The van der Waals surface area contributed by atoms with Crippen molar-refractivity contribution in [1.82, 2.24) is 9.97 Å². The van der Waals surface area contributed by atoms with Gasteiger partial charge in [-0.15, -0.1) is 67.9 Å². The van der Waals surface area contributed by atoms with Gasteiger partial charge in [0.1, 0.15) is 0 Å². The summed E-state index contributed by atoms with van der Waals surface area (Å²) in [6.45, 7) is 18.0. The Morgan fingerprint density at radius 3 is 0.978 bits per heavy atom. The molecule has 0 saturated carbocycles. The molecule has 46 heavy (non-hydrogen) atoms. The first-order valence-electron chi connectivity index (χ1n) is 14.4. The zero-order chi connectivity index (χ0) is 28.8. The molecule has 0 aliphatic rings. The molecule has 2 radical (unpaired) electrons. The maximum atomic E-state index is 5.00. The van der Waals surface area contributed by atoms with E-state index in [9.17, 15) is 0 Å². The first-order chi connectivity index (χ1) is 19.2. The van der Waals surface area contributed by atoms with Gasteiger partial charge in [-0.1, -0.05) is 67.5 Å². The van der Waals surface area contributed by atoms with Crippen LogP contribution in [0.15, 0.2) is 83.0 Å². The topological polar surface area (TPSA) is 50.5 Å². The van der Waals surface area contributed by atoms with Crippen molar-refractivity contribution in [3.63, 3.8) is 0 Å². The molecule has 0 unspecified atom stereocenters. The molecule has 4 aromatic rings. The van der Waals surface area contributed by atoms with Crippen molar-refractivity contribution < 1.29 is 34.1 Å². The normalized spacial score (nSPS) is 10.6. The van der Waals surface area contributed by atoms with Crippen LogP contribution in [-0.4, -0.2) is 22.4 Å². The summed E-state index contributed by atoms with van der Waals surface area (Å²) in [7, 11) is 0. The summed E-state index contributed by atoms with van der Waals surface area (Å²) < 4.78 is 0. The van der Waals surface area contributed by atoms with E-state index in [1.807, 2.05) is 48.8 Å². The smallest absolute Gasteiger partial charge is 0.0812 e. The van der Waals surface area contributed by atoms with Crippen LogP contribution in [0.4, 0.5) is 11.4 Å². The van der Waals surface area contributed by atoms with E-state index in [1.165, 1.54) is 33.4 Å². The van der Waals surface area contributed by atoms with Gasteiger partial charge in [0, 0.05) is 46.5 Å². The molecule has 0 fully saturated rings. The summed E-state index contributed by atoms with van der Waals surface area (Å²) >= 11 is 0. The van der Waals surface area contributed by atoms with E-state index in [4.69, 9.17) is 9.98 Å². The Labute approximate surface area is 339 Å². The second kappa shape index (κ2) is 23.4. The molecule has 0 aliphatic heterocycles. The molecule has 10 heteroatoms. The van der Waals surface area contributed by atoms with Gasteiger partial charge in [-0.25, -0.2) is 0 Å². The number of halogens is 4.